The van der Waals surface area contributed by atoms with Gasteiger partial charge in [-0.15, -0.1) is 0 Å². The monoisotopic (exact) mass is 180 g/mol. The van der Waals surface area contributed by atoms with Gasteiger partial charge in [0.05, 0.1) is 0 Å². The van der Waals surface area contributed by atoms with E-state index < -0.39 is 0 Å². The summed E-state index contributed by atoms with van der Waals surface area (Å²) >= 11 is 0. The van der Waals surface area contributed by atoms with E-state index in [4.69, 9.17) is 0 Å². The lowest BCUT2D eigenvalue weighted by Crippen LogP contribution is -2.08. The molecule has 0 heterocycles. The minimum absolute atomic E-state index is 0.880. The molecule has 0 aromatic carbocycles. The molecule has 13 heavy (non-hydrogen) atoms. The molecule has 0 aromatic heterocycles. The maximum Gasteiger partial charge on any atom is -0.0206 e. The summed E-state index contributed by atoms with van der Waals surface area (Å²) in [5.74, 6) is 0.880. The normalized spacial score (nSPS) is 23.5. The summed E-state index contributed by atoms with van der Waals surface area (Å²) in [5.41, 5.74) is 1.54. The average Bonchev–Trinajstić information content (AvgIpc) is 2.15. The van der Waals surface area contributed by atoms with E-state index in [0.29, 0.717) is 0 Å². The smallest absolute Gasteiger partial charge is 0.0206 e. The van der Waals surface area contributed by atoms with E-state index in [1.54, 1.807) is 5.57 Å². The Labute approximate surface area is 83.4 Å². The highest BCUT2D eigenvalue weighted by Gasteiger charge is 2.15. The SMILES string of the molecule is C=C1CCCCC1CCCCCC. The van der Waals surface area contributed by atoms with Crippen molar-refractivity contribution in [3.63, 3.8) is 0 Å². The Hall–Kier alpha value is -0.260. The third-order valence-corrected chi connectivity index (χ3v) is 3.28. The van der Waals surface area contributed by atoms with Crippen molar-refractivity contribution in [1.29, 1.82) is 0 Å². The van der Waals surface area contributed by atoms with Gasteiger partial charge in [0, 0.05) is 0 Å². The Bertz CT molecular complexity index is 146. The first kappa shape index (κ1) is 10.8. The van der Waals surface area contributed by atoms with Gasteiger partial charge in [-0.2, -0.15) is 0 Å². The van der Waals surface area contributed by atoms with Gasteiger partial charge in [0.25, 0.3) is 0 Å². The minimum Gasteiger partial charge on any atom is -0.0996 e. The lowest BCUT2D eigenvalue weighted by atomic mass is 9.82. The van der Waals surface area contributed by atoms with Crippen LogP contribution in [-0.4, -0.2) is 0 Å². The largest absolute Gasteiger partial charge is 0.0996 e. The van der Waals surface area contributed by atoms with Gasteiger partial charge in [0.1, 0.15) is 0 Å². The highest BCUT2D eigenvalue weighted by Crippen LogP contribution is 2.31. The van der Waals surface area contributed by atoms with Crippen LogP contribution in [0.4, 0.5) is 0 Å². The summed E-state index contributed by atoms with van der Waals surface area (Å²) in [6, 6.07) is 0. The van der Waals surface area contributed by atoms with Gasteiger partial charge < -0.3 is 0 Å². The molecule has 76 valence electrons. The minimum atomic E-state index is 0.880. The first-order valence-corrected chi connectivity index (χ1v) is 6.02. The molecule has 1 rings (SSSR count). The number of rotatable bonds is 5. The van der Waals surface area contributed by atoms with E-state index in [0.717, 1.165) is 5.92 Å². The summed E-state index contributed by atoms with van der Waals surface area (Å²) in [7, 11) is 0. The van der Waals surface area contributed by atoms with Crippen LogP contribution >= 0.6 is 0 Å². The van der Waals surface area contributed by atoms with Gasteiger partial charge in [0.2, 0.25) is 0 Å². The van der Waals surface area contributed by atoms with Crippen LogP contribution in [0.2, 0.25) is 0 Å². The number of allylic oxidation sites excluding steroid dienone is 1. The van der Waals surface area contributed by atoms with E-state index in [1.165, 1.54) is 57.8 Å². The highest BCUT2D eigenvalue weighted by molar-refractivity contribution is 5.02. The molecular weight excluding hydrogens is 156 g/mol. The standard InChI is InChI=1S/C13H24/c1-3-4-5-6-10-13-11-8-7-9-12(13)2/h13H,2-11H2,1H3. The molecule has 0 bridgehead atoms. The predicted molar refractivity (Wildman–Crippen MR) is 59.9 cm³/mol. The number of unbranched alkanes of at least 4 members (excludes halogenated alkanes) is 3. The molecule has 1 unspecified atom stereocenters. The molecule has 1 saturated carbocycles. The lowest BCUT2D eigenvalue weighted by molar-refractivity contribution is 0.412. The summed E-state index contributed by atoms with van der Waals surface area (Å²) < 4.78 is 0. The van der Waals surface area contributed by atoms with E-state index in [9.17, 15) is 0 Å². The van der Waals surface area contributed by atoms with Crippen molar-refractivity contribution >= 4 is 0 Å². The Balaban J connectivity index is 2.08. The van der Waals surface area contributed by atoms with Crippen LogP contribution < -0.4 is 0 Å². The maximum atomic E-state index is 4.19. The van der Waals surface area contributed by atoms with Gasteiger partial charge in [-0.05, 0) is 31.6 Å². The van der Waals surface area contributed by atoms with Crippen LogP contribution in [0.3, 0.4) is 0 Å². The van der Waals surface area contributed by atoms with E-state index in [1.807, 2.05) is 0 Å². The van der Waals surface area contributed by atoms with Crippen LogP contribution in [0.5, 0.6) is 0 Å². The van der Waals surface area contributed by atoms with Gasteiger partial charge in [-0.1, -0.05) is 51.2 Å². The van der Waals surface area contributed by atoms with Gasteiger partial charge >= 0.3 is 0 Å². The van der Waals surface area contributed by atoms with Gasteiger partial charge in [0.15, 0.2) is 0 Å². The summed E-state index contributed by atoms with van der Waals surface area (Å²) in [6.45, 7) is 6.47. The van der Waals surface area contributed by atoms with E-state index in [2.05, 4.69) is 13.5 Å². The van der Waals surface area contributed by atoms with Crippen LogP contribution in [0.1, 0.15) is 64.7 Å². The lowest BCUT2D eigenvalue weighted by Gasteiger charge is -2.24. The molecule has 1 fully saturated rings. The highest BCUT2D eigenvalue weighted by atomic mass is 14.2. The maximum absolute atomic E-state index is 4.19. The van der Waals surface area contributed by atoms with E-state index >= 15 is 0 Å². The molecule has 0 spiro atoms. The second kappa shape index (κ2) is 6.23. The van der Waals surface area contributed by atoms with Crippen LogP contribution in [0, 0.1) is 5.92 Å². The molecule has 1 atom stereocenters. The second-order valence-corrected chi connectivity index (χ2v) is 4.45. The fourth-order valence-corrected chi connectivity index (χ4v) is 2.32. The molecule has 1 aliphatic carbocycles. The Morgan fingerprint density at radius 2 is 2.08 bits per heavy atom. The Morgan fingerprint density at radius 3 is 2.77 bits per heavy atom. The van der Waals surface area contributed by atoms with Crippen molar-refractivity contribution < 1.29 is 0 Å². The van der Waals surface area contributed by atoms with Crippen molar-refractivity contribution in [2.24, 2.45) is 5.92 Å². The Kier molecular flexibility index (Phi) is 5.19. The zero-order valence-electron chi connectivity index (χ0n) is 9.15. The zero-order valence-corrected chi connectivity index (χ0v) is 9.15. The number of hydrogen-bond acceptors (Lipinski definition) is 0. The quantitative estimate of drug-likeness (QED) is 0.425. The van der Waals surface area contributed by atoms with Crippen molar-refractivity contribution in [3.05, 3.63) is 12.2 Å². The fraction of sp³-hybridized carbons (Fsp3) is 0.846. The van der Waals surface area contributed by atoms with Crippen molar-refractivity contribution in [3.8, 4) is 0 Å². The number of hydrogen-bond donors (Lipinski definition) is 0. The van der Waals surface area contributed by atoms with Crippen LogP contribution in [0.25, 0.3) is 0 Å². The third-order valence-electron chi connectivity index (χ3n) is 3.28. The summed E-state index contributed by atoms with van der Waals surface area (Å²) in [6.07, 6.45) is 12.6. The predicted octanol–water partition coefficient (Wildman–Crippen LogP) is 4.70. The first-order chi connectivity index (χ1) is 6.34. The Morgan fingerprint density at radius 1 is 1.23 bits per heavy atom. The molecule has 1 aliphatic rings. The molecule has 0 nitrogen and oxygen atoms in total. The van der Waals surface area contributed by atoms with Crippen molar-refractivity contribution in [2.45, 2.75) is 64.7 Å². The molecule has 0 aromatic rings. The molecule has 0 radical (unpaired) electrons. The summed E-state index contributed by atoms with van der Waals surface area (Å²) in [5, 5.41) is 0. The van der Waals surface area contributed by atoms with Crippen molar-refractivity contribution in [2.75, 3.05) is 0 Å². The van der Waals surface area contributed by atoms with Crippen LogP contribution in [0.15, 0.2) is 12.2 Å². The molecule has 0 heteroatoms. The van der Waals surface area contributed by atoms with Crippen molar-refractivity contribution in [1.82, 2.24) is 0 Å². The van der Waals surface area contributed by atoms with E-state index in [-0.39, 0.29) is 0 Å². The second-order valence-electron chi connectivity index (χ2n) is 4.45. The first-order valence-electron chi connectivity index (χ1n) is 6.02. The molecule has 0 amide bonds. The zero-order chi connectivity index (χ0) is 9.52. The average molecular weight is 180 g/mol. The molecular formula is C13H24. The van der Waals surface area contributed by atoms with Gasteiger partial charge in [-0.25, -0.2) is 0 Å². The van der Waals surface area contributed by atoms with Crippen LogP contribution in [-0.2, 0) is 0 Å². The topological polar surface area (TPSA) is 0 Å². The molecule has 0 saturated heterocycles. The summed E-state index contributed by atoms with van der Waals surface area (Å²) in [4.78, 5) is 0. The van der Waals surface area contributed by atoms with Gasteiger partial charge in [-0.3, -0.25) is 0 Å². The third kappa shape index (κ3) is 3.97. The fourth-order valence-electron chi connectivity index (χ4n) is 2.32. The molecule has 0 N–H and O–H groups in total. The molecule has 0 aliphatic heterocycles.